The van der Waals surface area contributed by atoms with Crippen LogP contribution in [0, 0.1) is 11.6 Å². The Morgan fingerprint density at radius 3 is 2.83 bits per heavy atom. The van der Waals surface area contributed by atoms with Gasteiger partial charge in [0.1, 0.15) is 10.2 Å². The Morgan fingerprint density at radius 1 is 1.61 bits per heavy atom. The number of aromatic nitrogens is 2. The SMILES string of the molecule is COC(=O)c1c(C)[nH]c(-c2sccc2Cl)nc1=S. The summed E-state index contributed by atoms with van der Waals surface area (Å²) in [5, 5.41) is 2.46. The Bertz CT molecular complexity index is 663. The lowest BCUT2D eigenvalue weighted by molar-refractivity contribution is 0.0598. The Hall–Kier alpha value is -1.24. The van der Waals surface area contributed by atoms with Crippen molar-refractivity contribution in [2.45, 2.75) is 6.92 Å². The van der Waals surface area contributed by atoms with Crippen molar-refractivity contribution >= 4 is 41.1 Å². The molecule has 0 aliphatic rings. The van der Waals surface area contributed by atoms with Crippen LogP contribution in [0.4, 0.5) is 0 Å². The third-order valence-electron chi connectivity index (χ3n) is 2.33. The number of ether oxygens (including phenoxy) is 1. The number of H-pyrrole nitrogens is 1. The largest absolute Gasteiger partial charge is 0.465 e. The van der Waals surface area contributed by atoms with Gasteiger partial charge in [0.15, 0.2) is 5.82 Å². The molecule has 2 heterocycles. The second kappa shape index (κ2) is 5.17. The van der Waals surface area contributed by atoms with Gasteiger partial charge < -0.3 is 9.72 Å². The van der Waals surface area contributed by atoms with Crippen molar-refractivity contribution in [2.75, 3.05) is 7.11 Å². The number of esters is 1. The van der Waals surface area contributed by atoms with E-state index in [0.717, 1.165) is 4.88 Å². The average Bonchev–Trinajstić information content (AvgIpc) is 2.74. The van der Waals surface area contributed by atoms with Crippen molar-refractivity contribution in [1.29, 1.82) is 0 Å². The standard InChI is InChI=1S/C11H9ClN2O2S2/c1-5-7(11(15)16-2)10(17)14-9(13-5)8-6(12)3-4-18-8/h3-4H,1-2H3,(H,13,14,17). The number of aromatic amines is 1. The smallest absolute Gasteiger partial charge is 0.342 e. The topological polar surface area (TPSA) is 55.0 Å². The van der Waals surface area contributed by atoms with Crippen LogP contribution in [0.1, 0.15) is 16.1 Å². The molecule has 7 heteroatoms. The van der Waals surface area contributed by atoms with Gasteiger partial charge in [0, 0.05) is 5.69 Å². The van der Waals surface area contributed by atoms with E-state index in [1.807, 2.05) is 5.38 Å². The second-order valence-electron chi connectivity index (χ2n) is 3.48. The first kappa shape index (κ1) is 13.2. The van der Waals surface area contributed by atoms with Gasteiger partial charge >= 0.3 is 5.97 Å². The van der Waals surface area contributed by atoms with E-state index in [2.05, 4.69) is 14.7 Å². The molecule has 0 aliphatic carbocycles. The number of methoxy groups -OCH3 is 1. The Kier molecular flexibility index (Phi) is 3.79. The van der Waals surface area contributed by atoms with E-state index < -0.39 is 5.97 Å². The van der Waals surface area contributed by atoms with Crippen molar-refractivity contribution in [3.63, 3.8) is 0 Å². The lowest BCUT2D eigenvalue weighted by Gasteiger charge is -2.06. The number of halogens is 1. The van der Waals surface area contributed by atoms with E-state index in [-0.39, 0.29) is 10.2 Å². The Balaban J connectivity index is 2.60. The minimum Gasteiger partial charge on any atom is -0.465 e. The van der Waals surface area contributed by atoms with Crippen molar-refractivity contribution in [3.8, 4) is 10.7 Å². The lowest BCUT2D eigenvalue weighted by atomic mass is 10.2. The summed E-state index contributed by atoms with van der Waals surface area (Å²) in [5.74, 6) is 0.0650. The van der Waals surface area contributed by atoms with Gasteiger partial charge in [-0.25, -0.2) is 9.78 Å². The first-order valence-electron chi connectivity index (χ1n) is 4.97. The molecule has 0 amide bonds. The first-order chi connectivity index (χ1) is 8.54. The maximum Gasteiger partial charge on any atom is 0.342 e. The quantitative estimate of drug-likeness (QED) is 0.680. The lowest BCUT2D eigenvalue weighted by Crippen LogP contribution is -2.08. The summed E-state index contributed by atoms with van der Waals surface area (Å²) in [7, 11) is 1.31. The van der Waals surface area contributed by atoms with Gasteiger partial charge in [-0.05, 0) is 18.4 Å². The van der Waals surface area contributed by atoms with Crippen LogP contribution in [0.5, 0.6) is 0 Å². The molecule has 2 rings (SSSR count). The van der Waals surface area contributed by atoms with Crippen LogP contribution in [-0.2, 0) is 4.74 Å². The van der Waals surface area contributed by atoms with Gasteiger partial charge in [-0.1, -0.05) is 23.8 Å². The normalized spacial score (nSPS) is 10.4. The molecule has 0 aliphatic heterocycles. The first-order valence-corrected chi connectivity index (χ1v) is 6.63. The second-order valence-corrected chi connectivity index (χ2v) is 5.19. The van der Waals surface area contributed by atoms with Gasteiger partial charge in [0.2, 0.25) is 0 Å². The fourth-order valence-corrected chi connectivity index (χ4v) is 2.92. The van der Waals surface area contributed by atoms with Crippen LogP contribution in [0.25, 0.3) is 10.7 Å². The fraction of sp³-hybridized carbons (Fsp3) is 0.182. The van der Waals surface area contributed by atoms with Crippen LogP contribution in [0.15, 0.2) is 11.4 Å². The van der Waals surface area contributed by atoms with E-state index in [4.69, 9.17) is 23.8 Å². The summed E-state index contributed by atoms with van der Waals surface area (Å²) < 4.78 is 4.87. The maximum atomic E-state index is 11.5. The highest BCUT2D eigenvalue weighted by molar-refractivity contribution is 7.71. The highest BCUT2D eigenvalue weighted by atomic mass is 35.5. The highest BCUT2D eigenvalue weighted by Gasteiger charge is 2.16. The molecule has 94 valence electrons. The van der Waals surface area contributed by atoms with Crippen molar-refractivity contribution in [1.82, 2.24) is 9.97 Å². The summed E-state index contributed by atoms with van der Waals surface area (Å²) >= 11 is 12.6. The number of aryl methyl sites for hydroxylation is 1. The predicted octanol–water partition coefficient (Wildman–Crippen LogP) is 3.62. The number of carbonyl (C=O) groups excluding carboxylic acids is 1. The molecule has 0 atom stereocenters. The molecule has 0 spiro atoms. The number of nitrogens with zero attached hydrogens (tertiary/aromatic N) is 1. The fourth-order valence-electron chi connectivity index (χ4n) is 1.50. The van der Waals surface area contributed by atoms with Crippen LogP contribution in [-0.4, -0.2) is 23.0 Å². The van der Waals surface area contributed by atoms with E-state index >= 15 is 0 Å². The highest BCUT2D eigenvalue weighted by Crippen LogP contribution is 2.31. The minimum atomic E-state index is -0.495. The number of rotatable bonds is 2. The van der Waals surface area contributed by atoms with Crippen LogP contribution >= 0.6 is 35.2 Å². The molecular formula is C11H9ClN2O2S2. The van der Waals surface area contributed by atoms with Gasteiger partial charge in [0.25, 0.3) is 0 Å². The van der Waals surface area contributed by atoms with E-state index in [1.165, 1.54) is 18.4 Å². The number of thiophene rings is 1. The molecule has 0 radical (unpaired) electrons. The molecule has 4 nitrogen and oxygen atoms in total. The minimum absolute atomic E-state index is 0.206. The van der Waals surface area contributed by atoms with Gasteiger partial charge in [-0.3, -0.25) is 0 Å². The zero-order valence-corrected chi connectivity index (χ0v) is 12.0. The Morgan fingerprint density at radius 2 is 2.33 bits per heavy atom. The number of hydrogen-bond donors (Lipinski definition) is 1. The molecule has 0 saturated carbocycles. The monoisotopic (exact) mass is 300 g/mol. The van der Waals surface area contributed by atoms with Crippen LogP contribution < -0.4 is 0 Å². The summed E-state index contributed by atoms with van der Waals surface area (Å²) in [6.07, 6.45) is 0. The molecule has 2 aromatic heterocycles. The Labute approximate surface area is 118 Å². The van der Waals surface area contributed by atoms with Crippen molar-refractivity contribution in [2.24, 2.45) is 0 Å². The molecule has 18 heavy (non-hydrogen) atoms. The predicted molar refractivity (Wildman–Crippen MR) is 73.8 cm³/mol. The maximum absolute atomic E-state index is 11.5. The molecule has 0 fully saturated rings. The van der Waals surface area contributed by atoms with Gasteiger partial charge in [-0.2, -0.15) is 0 Å². The van der Waals surface area contributed by atoms with Crippen molar-refractivity contribution in [3.05, 3.63) is 32.4 Å². The zero-order valence-electron chi connectivity index (χ0n) is 9.61. The van der Waals surface area contributed by atoms with Crippen LogP contribution in [0.3, 0.4) is 0 Å². The molecule has 0 bridgehead atoms. The summed E-state index contributed by atoms with van der Waals surface area (Å²) in [6.45, 7) is 1.74. The van der Waals surface area contributed by atoms with E-state index in [1.54, 1.807) is 13.0 Å². The summed E-state index contributed by atoms with van der Waals surface area (Å²) in [6, 6.07) is 1.78. The molecule has 0 unspecified atom stereocenters. The average molecular weight is 301 g/mol. The summed E-state index contributed by atoms with van der Waals surface area (Å²) in [5.41, 5.74) is 0.894. The third kappa shape index (κ3) is 2.31. The molecule has 2 aromatic rings. The van der Waals surface area contributed by atoms with Gasteiger partial charge in [0.05, 0.1) is 17.0 Å². The van der Waals surface area contributed by atoms with E-state index in [9.17, 15) is 4.79 Å². The third-order valence-corrected chi connectivity index (χ3v) is 3.97. The van der Waals surface area contributed by atoms with Crippen LogP contribution in [0.2, 0.25) is 5.02 Å². The molecule has 1 N–H and O–H groups in total. The molecule has 0 saturated heterocycles. The molecule has 0 aromatic carbocycles. The number of nitrogens with one attached hydrogen (secondary N) is 1. The van der Waals surface area contributed by atoms with Gasteiger partial charge in [-0.15, -0.1) is 11.3 Å². The van der Waals surface area contributed by atoms with Crippen molar-refractivity contribution < 1.29 is 9.53 Å². The number of hydrogen-bond acceptors (Lipinski definition) is 5. The summed E-state index contributed by atoms with van der Waals surface area (Å²) in [4.78, 5) is 19.6. The van der Waals surface area contributed by atoms with E-state index in [0.29, 0.717) is 16.5 Å². The number of carbonyl (C=O) groups is 1. The molecular weight excluding hydrogens is 292 g/mol. The zero-order chi connectivity index (χ0) is 13.3.